The molecule has 1 fully saturated rings. The molecule has 2 heterocycles. The highest BCUT2D eigenvalue weighted by molar-refractivity contribution is 6.07. The van der Waals surface area contributed by atoms with Crippen molar-refractivity contribution in [1.82, 2.24) is 20.9 Å². The number of pyridine rings is 1. The van der Waals surface area contributed by atoms with E-state index in [9.17, 15) is 44.0 Å². The number of rotatable bonds is 20. The van der Waals surface area contributed by atoms with Crippen molar-refractivity contribution in [2.24, 2.45) is 5.73 Å². The summed E-state index contributed by atoms with van der Waals surface area (Å²) in [4.78, 5) is 92.4. The van der Waals surface area contributed by atoms with Gasteiger partial charge in [0.05, 0.1) is 37.7 Å². The Bertz CT molecular complexity index is 2210. The fourth-order valence-electron chi connectivity index (χ4n) is 6.62. The van der Waals surface area contributed by atoms with Crippen molar-refractivity contribution in [3.05, 3.63) is 94.5 Å². The average molecular weight is 862 g/mol. The van der Waals surface area contributed by atoms with Crippen molar-refractivity contribution in [3.63, 3.8) is 0 Å². The molecule has 0 bridgehead atoms. The number of anilines is 1. The van der Waals surface area contributed by atoms with Crippen LogP contribution in [0.15, 0.2) is 78.9 Å². The number of hydrazine groups is 1. The number of nitrogens with two attached hydrogens (primary N) is 1. The Balaban J connectivity index is 1.31. The van der Waals surface area contributed by atoms with Gasteiger partial charge in [-0.2, -0.15) is 0 Å². The van der Waals surface area contributed by atoms with Gasteiger partial charge in [-0.25, -0.2) is 15.1 Å². The van der Waals surface area contributed by atoms with Crippen LogP contribution in [0.25, 0.3) is 21.8 Å². The molecule has 1 aliphatic rings. The summed E-state index contributed by atoms with van der Waals surface area (Å²) in [5.74, 6) is -4.90. The van der Waals surface area contributed by atoms with Crippen LogP contribution in [0.4, 0.5) is 5.69 Å². The normalized spacial score (nSPS) is 19.4. The van der Waals surface area contributed by atoms with Gasteiger partial charge in [-0.05, 0) is 31.0 Å². The third-order valence-corrected chi connectivity index (χ3v) is 9.65. The quantitative estimate of drug-likeness (QED) is 0.0357. The molecule has 0 radical (unpaired) electrons. The molecule has 1 saturated heterocycles. The number of methoxy groups -OCH3 is 1. The van der Waals surface area contributed by atoms with E-state index in [1.165, 1.54) is 13.8 Å². The molecule has 21 heteroatoms. The van der Waals surface area contributed by atoms with Crippen LogP contribution < -0.4 is 26.7 Å². The van der Waals surface area contributed by atoms with Gasteiger partial charge >= 0.3 is 11.9 Å². The van der Waals surface area contributed by atoms with Gasteiger partial charge in [0.2, 0.25) is 29.9 Å². The molecular formula is C41H47N7O14. The number of aromatic nitrogens is 1. The first-order valence-electron chi connectivity index (χ1n) is 19.4. The zero-order valence-electron chi connectivity index (χ0n) is 34.0. The number of fused-ring (bicyclic) bond motifs is 2. The fraction of sp³-hybridized carbons (Fsp3) is 0.390. The molecule has 3 aromatic carbocycles. The second-order valence-electron chi connectivity index (χ2n) is 14.1. The molecule has 6 N–H and O–H groups in total. The molecule has 7 unspecified atom stereocenters. The van der Waals surface area contributed by atoms with Crippen LogP contribution in [-0.4, -0.2) is 114 Å². The number of ether oxygens (including phenoxy) is 5. The summed E-state index contributed by atoms with van der Waals surface area (Å²) in [5, 5.41) is 32.5. The third kappa shape index (κ3) is 12.2. The summed E-state index contributed by atoms with van der Waals surface area (Å²) in [7, 11) is 1.16. The molecule has 0 saturated carbocycles. The van der Waals surface area contributed by atoms with Crippen LogP contribution in [-0.2, 0) is 59.1 Å². The van der Waals surface area contributed by atoms with Gasteiger partial charge in [-0.3, -0.25) is 28.8 Å². The molecular weight excluding hydrogens is 814 g/mol. The number of hydrogen-bond acceptors (Lipinski definition) is 15. The zero-order chi connectivity index (χ0) is 44.9. The van der Waals surface area contributed by atoms with Crippen LogP contribution in [0.1, 0.15) is 38.7 Å². The maximum atomic E-state index is 13.5. The van der Waals surface area contributed by atoms with E-state index in [0.717, 1.165) is 12.1 Å². The number of benzene rings is 3. The number of nitro groups is 1. The van der Waals surface area contributed by atoms with E-state index in [1.807, 2.05) is 0 Å². The maximum Gasteiger partial charge on any atom is 0.310 e. The van der Waals surface area contributed by atoms with E-state index in [1.54, 1.807) is 78.9 Å². The van der Waals surface area contributed by atoms with E-state index in [-0.39, 0.29) is 25.1 Å². The van der Waals surface area contributed by atoms with Crippen LogP contribution in [0.3, 0.4) is 0 Å². The standard InChI is InChI=1S/C41H47N7O14/c1-23(39(55)46-30(38(42)54)17-18-32(51)58-3)43-31(50)22-59-37-34(44-24(2)49)40(60-21-25-11-5-4-6-12-25)62-41(36(37)53)61-33(52)19-20-47(48(56)57)35-26-13-7-9-15-28(26)45-29-16-10-8-14-27(29)35/h4-16,23,30,34,36-37,40-41,53H,17-22H2,1-3H3,(H2,42,54)(H,43,50)(H,44,49)(H,46,55). The lowest BCUT2D eigenvalue weighted by Crippen LogP contribution is -2.65. The predicted molar refractivity (Wildman–Crippen MR) is 218 cm³/mol. The Labute approximate surface area is 354 Å². The minimum absolute atomic E-state index is 0.0875. The molecule has 21 nitrogen and oxygen atoms in total. The lowest BCUT2D eigenvalue weighted by molar-refractivity contribution is -0.494. The minimum atomic E-state index is -1.88. The summed E-state index contributed by atoms with van der Waals surface area (Å²) in [6.07, 6.45) is -7.68. The van der Waals surface area contributed by atoms with Gasteiger partial charge in [-0.1, -0.05) is 71.7 Å². The SMILES string of the molecule is COC(=O)CCC(NC(=O)C(C)NC(=O)COC1C(O)C(OC(=O)CCN(c2c3ccccc3nc3ccccc23)[N+](=O)[O-])OC(OCc2ccccc2)C1NC(C)=O)C(N)=O. The summed E-state index contributed by atoms with van der Waals surface area (Å²) in [6.45, 7) is 1.09. The Hall–Kier alpha value is -6.81. The molecule has 62 heavy (non-hydrogen) atoms. The summed E-state index contributed by atoms with van der Waals surface area (Å²) < 4.78 is 27.8. The van der Waals surface area contributed by atoms with Gasteiger partial charge < -0.3 is 50.5 Å². The molecule has 0 aliphatic carbocycles. The van der Waals surface area contributed by atoms with Gasteiger partial charge in [0.1, 0.15) is 42.6 Å². The van der Waals surface area contributed by atoms with Gasteiger partial charge in [0.15, 0.2) is 11.3 Å². The molecule has 4 amide bonds. The van der Waals surface area contributed by atoms with Crippen LogP contribution >= 0.6 is 0 Å². The highest BCUT2D eigenvalue weighted by Crippen LogP contribution is 2.34. The van der Waals surface area contributed by atoms with E-state index in [2.05, 4.69) is 25.7 Å². The molecule has 5 rings (SSSR count). The second-order valence-corrected chi connectivity index (χ2v) is 14.1. The van der Waals surface area contributed by atoms with Crippen molar-refractivity contribution in [3.8, 4) is 0 Å². The van der Waals surface area contributed by atoms with E-state index >= 15 is 0 Å². The number of esters is 2. The van der Waals surface area contributed by atoms with Gasteiger partial charge in [-0.15, -0.1) is 0 Å². The fourth-order valence-corrected chi connectivity index (χ4v) is 6.62. The van der Waals surface area contributed by atoms with Crippen molar-refractivity contribution >= 4 is 63.1 Å². The number of aliphatic hydroxyl groups excluding tert-OH is 1. The number of nitrogens with zero attached hydrogens (tertiary/aromatic N) is 3. The van der Waals surface area contributed by atoms with Crippen molar-refractivity contribution in [2.45, 2.75) is 82.6 Å². The maximum absolute atomic E-state index is 13.5. The van der Waals surface area contributed by atoms with Gasteiger partial charge in [0, 0.05) is 24.1 Å². The highest BCUT2D eigenvalue weighted by Gasteiger charge is 2.49. The Morgan fingerprint density at radius 3 is 2.13 bits per heavy atom. The number of carbonyl (C=O) groups excluding carboxylic acids is 6. The molecule has 7 atom stereocenters. The number of nitrogens with one attached hydrogen (secondary N) is 3. The Kier molecular flexibility index (Phi) is 16.1. The Morgan fingerprint density at radius 2 is 1.53 bits per heavy atom. The number of para-hydroxylation sites is 2. The first-order valence-corrected chi connectivity index (χ1v) is 19.4. The van der Waals surface area contributed by atoms with E-state index in [4.69, 9.17) is 24.7 Å². The number of primary amides is 1. The Morgan fingerprint density at radius 1 is 0.903 bits per heavy atom. The van der Waals surface area contributed by atoms with Crippen molar-refractivity contribution in [2.75, 3.05) is 25.3 Å². The first kappa shape index (κ1) is 46.3. The topological polar surface area (TPSA) is 290 Å². The first-order chi connectivity index (χ1) is 29.7. The lowest BCUT2D eigenvalue weighted by Gasteiger charge is -2.43. The molecule has 1 aromatic heterocycles. The number of carbonyl (C=O) groups is 6. The van der Waals surface area contributed by atoms with Crippen molar-refractivity contribution < 1.29 is 62.6 Å². The van der Waals surface area contributed by atoms with E-state index in [0.29, 0.717) is 27.4 Å². The molecule has 0 spiro atoms. The lowest BCUT2D eigenvalue weighted by atomic mass is 10.0. The number of hydrogen-bond donors (Lipinski definition) is 5. The predicted octanol–water partition coefficient (Wildman–Crippen LogP) is 0.897. The monoisotopic (exact) mass is 861 g/mol. The summed E-state index contributed by atoms with van der Waals surface area (Å²) in [6, 6.07) is 18.7. The highest BCUT2D eigenvalue weighted by atomic mass is 16.8. The second kappa shape index (κ2) is 21.6. The molecule has 1 aliphatic heterocycles. The number of amides is 4. The summed E-state index contributed by atoms with van der Waals surface area (Å²) >= 11 is 0. The average Bonchev–Trinajstić information content (AvgIpc) is 3.24. The number of aliphatic hydroxyl groups is 1. The molecule has 4 aromatic rings. The molecule has 330 valence electrons. The van der Waals surface area contributed by atoms with Crippen LogP contribution in [0.5, 0.6) is 0 Å². The van der Waals surface area contributed by atoms with Gasteiger partial charge in [0.25, 0.3) is 0 Å². The van der Waals surface area contributed by atoms with Crippen LogP contribution in [0.2, 0.25) is 0 Å². The van der Waals surface area contributed by atoms with Crippen molar-refractivity contribution in [1.29, 1.82) is 0 Å². The largest absolute Gasteiger partial charge is 0.469 e. The van der Waals surface area contributed by atoms with Crippen LogP contribution in [0, 0.1) is 10.1 Å². The third-order valence-electron chi connectivity index (χ3n) is 9.65. The van der Waals surface area contributed by atoms with E-state index < -0.39 is 103 Å². The zero-order valence-corrected chi connectivity index (χ0v) is 34.0. The smallest absolute Gasteiger partial charge is 0.310 e. The minimum Gasteiger partial charge on any atom is -0.469 e. The summed E-state index contributed by atoms with van der Waals surface area (Å²) in [5.41, 5.74) is 7.23.